The van der Waals surface area contributed by atoms with E-state index in [0.717, 1.165) is 0 Å². The fraction of sp³-hybridized carbons (Fsp3) is 0.600. The van der Waals surface area contributed by atoms with Gasteiger partial charge in [0.05, 0.1) is 12.7 Å². The van der Waals surface area contributed by atoms with Crippen LogP contribution in [0.5, 0.6) is 0 Å². The second kappa shape index (κ2) is 9.91. The number of phosphoric ester groups is 1. The van der Waals surface area contributed by atoms with E-state index < -0.39 is 75.8 Å². The number of phosphoric acid groups is 3. The molecule has 1 aliphatic heterocycles. The summed E-state index contributed by atoms with van der Waals surface area (Å²) in [6.45, 7) is -1.38. The molecule has 1 fully saturated rings. The van der Waals surface area contributed by atoms with Crippen molar-refractivity contribution in [3.8, 4) is 0 Å². The van der Waals surface area contributed by atoms with E-state index in [1.54, 1.807) is 0 Å². The zero-order valence-electron chi connectivity index (χ0n) is 15.3. The van der Waals surface area contributed by atoms with Crippen LogP contribution in [0.4, 0.5) is 17.6 Å². The molecule has 1 aromatic heterocycles. The second-order valence-electron chi connectivity index (χ2n) is 6.15. The average Bonchev–Trinajstić information content (AvgIpc) is 2.89. The number of aliphatic hydroxyl groups excluding tert-OH is 1. The van der Waals surface area contributed by atoms with Crippen molar-refractivity contribution in [2.24, 2.45) is 5.92 Å². The molecule has 0 saturated carbocycles. The summed E-state index contributed by atoms with van der Waals surface area (Å²) >= 11 is 9.35. The number of rotatable bonds is 8. The quantitative estimate of drug-likeness (QED) is 0.147. The highest BCUT2D eigenvalue weighted by Crippen LogP contribution is 2.66. The predicted molar refractivity (Wildman–Crippen MR) is 99.7 cm³/mol. The third kappa shape index (κ3) is 7.78. The Morgan fingerprint density at radius 3 is 2.21 bits per heavy atom. The summed E-state index contributed by atoms with van der Waals surface area (Å²) in [4.78, 5) is 37.5. The van der Waals surface area contributed by atoms with Crippen LogP contribution >= 0.6 is 47.9 Å². The molecule has 1 saturated heterocycles. The van der Waals surface area contributed by atoms with Gasteiger partial charge >= 0.3 is 29.6 Å². The molecule has 23 heteroatoms. The maximum Gasteiger partial charge on any atom is 0.490 e. The first-order valence-corrected chi connectivity index (χ1v) is 13.3. The van der Waals surface area contributed by atoms with Gasteiger partial charge < -0.3 is 34.4 Å². The lowest BCUT2D eigenvalue weighted by molar-refractivity contribution is -0.211. The van der Waals surface area contributed by atoms with Crippen molar-refractivity contribution in [3.05, 3.63) is 21.4 Å². The van der Waals surface area contributed by atoms with Crippen LogP contribution in [-0.2, 0) is 31.6 Å². The fourth-order valence-corrected chi connectivity index (χ4v) is 6.10. The molecular formula is C10H13F4N2O12P3S2. The Morgan fingerprint density at radius 1 is 1.12 bits per heavy atom. The topological polar surface area (TPSA) is 210 Å². The normalized spacial score (nSPS) is 27.8. The molecule has 0 spiro atoms. The van der Waals surface area contributed by atoms with E-state index in [2.05, 4.69) is 30.3 Å². The summed E-state index contributed by atoms with van der Waals surface area (Å²) in [6, 6.07) is 0. The summed E-state index contributed by atoms with van der Waals surface area (Å²) in [7, 11) is -17.3. The van der Waals surface area contributed by atoms with Crippen LogP contribution in [0.2, 0.25) is 0 Å². The van der Waals surface area contributed by atoms with Crippen molar-refractivity contribution >= 4 is 47.9 Å². The largest absolute Gasteiger partial charge is 0.490 e. The molecule has 0 amide bonds. The SMILES string of the molecule is O=P(O)(O)OP(=O)(O)OP(=O)(O)OC[C@H]1O[C@@H](n2cc(F)c(=S)[nH]c2=S)C(C(F)(F)F)[C@H]1O. The molecular weight excluding hydrogens is 573 g/mol. The zero-order chi connectivity index (χ0) is 25.6. The lowest BCUT2D eigenvalue weighted by Crippen LogP contribution is -2.39. The van der Waals surface area contributed by atoms with E-state index in [1.807, 2.05) is 0 Å². The molecule has 1 aliphatic rings. The Kier molecular flexibility index (Phi) is 8.65. The van der Waals surface area contributed by atoms with Gasteiger partial charge in [-0.2, -0.15) is 21.8 Å². The maximum atomic E-state index is 13.8. The maximum absolute atomic E-state index is 13.8. The Balaban J connectivity index is 2.25. The number of aromatic amines is 1. The molecule has 0 aromatic carbocycles. The van der Waals surface area contributed by atoms with E-state index in [1.165, 1.54) is 0 Å². The lowest BCUT2D eigenvalue weighted by atomic mass is 9.99. The number of hydrogen-bond acceptors (Lipinski definition) is 10. The summed E-state index contributed by atoms with van der Waals surface area (Å²) in [6.07, 6.45) is -11.4. The first-order valence-electron chi connectivity index (χ1n) is 7.92. The minimum absolute atomic E-state index is 0.451. The summed E-state index contributed by atoms with van der Waals surface area (Å²) in [5.41, 5.74) is 0. The molecule has 0 aliphatic carbocycles. The first kappa shape index (κ1) is 28.8. The van der Waals surface area contributed by atoms with Gasteiger partial charge in [0.2, 0.25) is 0 Å². The van der Waals surface area contributed by atoms with E-state index in [0.29, 0.717) is 10.8 Å². The van der Waals surface area contributed by atoms with Crippen LogP contribution < -0.4 is 0 Å². The van der Waals surface area contributed by atoms with Gasteiger partial charge in [-0.1, -0.05) is 12.2 Å². The van der Waals surface area contributed by atoms with Crippen LogP contribution in [0, 0.1) is 21.1 Å². The molecule has 1 aromatic rings. The van der Waals surface area contributed by atoms with Gasteiger partial charge in [0.1, 0.15) is 16.7 Å². The second-order valence-corrected chi connectivity index (χ2v) is 11.4. The first-order chi connectivity index (χ1) is 14.7. The third-order valence-corrected chi connectivity index (χ3v) is 8.18. The highest BCUT2D eigenvalue weighted by molar-refractivity contribution is 7.72. The molecule has 0 radical (unpaired) electrons. The van der Waals surface area contributed by atoms with E-state index in [-0.39, 0.29) is 0 Å². The van der Waals surface area contributed by atoms with Crippen LogP contribution in [0.1, 0.15) is 6.23 Å². The van der Waals surface area contributed by atoms with Gasteiger partial charge in [0.15, 0.2) is 16.8 Å². The van der Waals surface area contributed by atoms with Gasteiger partial charge in [-0.25, -0.2) is 18.1 Å². The number of aliphatic hydroxyl groups is 1. The minimum Gasteiger partial charge on any atom is -0.389 e. The number of nitrogens with one attached hydrogen (secondary N) is 1. The van der Waals surface area contributed by atoms with Gasteiger partial charge in [0, 0.05) is 6.20 Å². The molecule has 14 nitrogen and oxygen atoms in total. The number of aromatic nitrogens is 2. The molecule has 190 valence electrons. The highest BCUT2D eigenvalue weighted by atomic mass is 32.1. The van der Waals surface area contributed by atoms with Crippen molar-refractivity contribution in [3.63, 3.8) is 0 Å². The average molecular weight is 586 g/mol. The number of ether oxygens (including phenoxy) is 1. The summed E-state index contributed by atoms with van der Waals surface area (Å²) < 4.78 is 103. The molecule has 2 rings (SSSR count). The Morgan fingerprint density at radius 2 is 1.70 bits per heavy atom. The molecule has 6 N–H and O–H groups in total. The molecule has 33 heavy (non-hydrogen) atoms. The van der Waals surface area contributed by atoms with Gasteiger partial charge in [-0.05, 0) is 12.2 Å². The number of hydrogen-bond donors (Lipinski definition) is 6. The van der Waals surface area contributed by atoms with E-state index >= 15 is 0 Å². The fourth-order valence-electron chi connectivity index (χ4n) is 2.60. The Bertz CT molecular complexity index is 1150. The van der Waals surface area contributed by atoms with Crippen molar-refractivity contribution in [2.75, 3.05) is 6.61 Å². The monoisotopic (exact) mass is 586 g/mol. The summed E-state index contributed by atoms with van der Waals surface area (Å²) in [5.74, 6) is -3.95. The number of nitrogens with zero attached hydrogens (tertiary/aromatic N) is 1. The smallest absolute Gasteiger partial charge is 0.389 e. The molecule has 3 unspecified atom stereocenters. The van der Waals surface area contributed by atoms with Crippen molar-refractivity contribution < 1.29 is 73.8 Å². The molecule has 6 atom stereocenters. The van der Waals surface area contributed by atoms with Crippen molar-refractivity contribution in [2.45, 2.75) is 24.6 Å². The number of H-pyrrole nitrogens is 1. The van der Waals surface area contributed by atoms with Crippen molar-refractivity contribution in [1.82, 2.24) is 9.55 Å². The van der Waals surface area contributed by atoms with Crippen LogP contribution in [0.15, 0.2) is 6.20 Å². The van der Waals surface area contributed by atoms with Gasteiger partial charge in [-0.15, -0.1) is 0 Å². The highest BCUT2D eigenvalue weighted by Gasteiger charge is 2.58. The van der Waals surface area contributed by atoms with Crippen LogP contribution in [0.25, 0.3) is 0 Å². The standard InChI is InChI=1S/C10H13F4N2O12P3S2/c11-3-1-16(9(33)15-7(3)32)8-5(10(12,13)14)6(17)4(26-8)2-25-30(21,22)28-31(23,24)27-29(18,19)20/h1,4-6,8,17H,2H2,(H,21,22)(H,23,24)(H,15,32,33)(H2,18,19,20)/t4-,5?,6+,8-/m1/s1. The molecule has 0 bridgehead atoms. The van der Waals surface area contributed by atoms with Crippen LogP contribution in [-0.4, -0.2) is 59.2 Å². The summed E-state index contributed by atoms with van der Waals surface area (Å²) in [5, 5.41) is 10.1. The van der Waals surface area contributed by atoms with Crippen molar-refractivity contribution in [1.29, 1.82) is 0 Å². The Labute approximate surface area is 190 Å². The Hall–Kier alpha value is -0.430. The lowest BCUT2D eigenvalue weighted by Gasteiger charge is -2.24. The van der Waals surface area contributed by atoms with E-state index in [9.17, 15) is 41.3 Å². The third-order valence-electron chi connectivity index (χ3n) is 3.76. The van der Waals surface area contributed by atoms with Gasteiger partial charge in [0.25, 0.3) is 0 Å². The predicted octanol–water partition coefficient (Wildman–Crippen LogP) is 2.19. The zero-order valence-corrected chi connectivity index (χ0v) is 19.6. The number of alkyl halides is 3. The number of halogens is 4. The minimum atomic E-state index is -5.89. The van der Waals surface area contributed by atoms with Gasteiger partial charge in [-0.3, -0.25) is 9.09 Å². The van der Waals surface area contributed by atoms with Crippen LogP contribution in [0.3, 0.4) is 0 Å². The van der Waals surface area contributed by atoms with E-state index in [4.69, 9.17) is 31.6 Å². The molecule has 2 heterocycles.